The summed E-state index contributed by atoms with van der Waals surface area (Å²) in [5, 5.41) is 15.4. The first-order valence-electron chi connectivity index (χ1n) is 7.35. The third-order valence-corrected chi connectivity index (χ3v) is 3.72. The Hall–Kier alpha value is -3.25. The van der Waals surface area contributed by atoms with E-state index in [2.05, 4.69) is 5.32 Å². The Labute approximate surface area is 138 Å². The molecule has 24 heavy (non-hydrogen) atoms. The molecule has 120 valence electrons. The largest absolute Gasteiger partial charge is 0.326 e. The first kappa shape index (κ1) is 15.6. The van der Waals surface area contributed by atoms with Crippen LogP contribution >= 0.6 is 0 Å². The SMILES string of the molecule is NCc1ccc2cc(C(=O)Nc3cccc([N+](=O)[O-])c3)ccc2c1. The van der Waals surface area contributed by atoms with E-state index in [0.29, 0.717) is 17.8 Å². The maximum atomic E-state index is 12.4. The first-order valence-corrected chi connectivity index (χ1v) is 7.35. The highest BCUT2D eigenvalue weighted by Crippen LogP contribution is 2.20. The molecule has 0 aromatic heterocycles. The lowest BCUT2D eigenvalue weighted by molar-refractivity contribution is -0.384. The second-order valence-electron chi connectivity index (χ2n) is 5.36. The van der Waals surface area contributed by atoms with Gasteiger partial charge in [0.25, 0.3) is 11.6 Å². The van der Waals surface area contributed by atoms with Crippen molar-refractivity contribution in [2.24, 2.45) is 5.73 Å². The number of nitro groups is 1. The van der Waals surface area contributed by atoms with E-state index in [9.17, 15) is 14.9 Å². The average molecular weight is 321 g/mol. The van der Waals surface area contributed by atoms with Gasteiger partial charge in [-0.2, -0.15) is 0 Å². The lowest BCUT2D eigenvalue weighted by Crippen LogP contribution is -2.11. The van der Waals surface area contributed by atoms with Crippen molar-refractivity contribution >= 4 is 28.1 Å². The second-order valence-corrected chi connectivity index (χ2v) is 5.36. The molecular formula is C18H15N3O3. The molecule has 0 bridgehead atoms. The summed E-state index contributed by atoms with van der Waals surface area (Å²) in [5.74, 6) is -0.319. The molecule has 0 aliphatic rings. The zero-order valence-corrected chi connectivity index (χ0v) is 12.7. The van der Waals surface area contributed by atoms with Crippen LogP contribution in [0.2, 0.25) is 0 Å². The predicted octanol–water partition coefficient (Wildman–Crippen LogP) is 3.46. The Morgan fingerprint density at radius 2 is 1.79 bits per heavy atom. The van der Waals surface area contributed by atoms with Crippen LogP contribution in [0.3, 0.4) is 0 Å². The molecule has 6 heteroatoms. The summed E-state index contributed by atoms with van der Waals surface area (Å²) in [6, 6.07) is 17.0. The Morgan fingerprint density at radius 1 is 1.04 bits per heavy atom. The molecule has 0 radical (unpaired) electrons. The van der Waals surface area contributed by atoms with Crippen molar-refractivity contribution in [1.29, 1.82) is 0 Å². The number of hydrogen-bond donors (Lipinski definition) is 2. The molecule has 0 spiro atoms. The molecule has 1 amide bonds. The first-order chi connectivity index (χ1) is 11.6. The van der Waals surface area contributed by atoms with Crippen LogP contribution in [0.4, 0.5) is 11.4 Å². The number of non-ortho nitro benzene ring substituents is 1. The van der Waals surface area contributed by atoms with Crippen LogP contribution < -0.4 is 11.1 Å². The Balaban J connectivity index is 1.86. The summed E-state index contributed by atoms with van der Waals surface area (Å²) in [6.45, 7) is 0.463. The Morgan fingerprint density at radius 3 is 2.54 bits per heavy atom. The standard InChI is InChI=1S/C18H15N3O3/c19-11-12-4-5-14-9-15(7-6-13(14)8-12)18(22)20-16-2-1-3-17(10-16)21(23)24/h1-10H,11,19H2,(H,20,22). The van der Waals surface area contributed by atoms with Gasteiger partial charge in [0, 0.05) is 29.9 Å². The van der Waals surface area contributed by atoms with Crippen molar-refractivity contribution in [3.63, 3.8) is 0 Å². The van der Waals surface area contributed by atoms with Gasteiger partial charge in [-0.3, -0.25) is 14.9 Å². The zero-order chi connectivity index (χ0) is 17.1. The summed E-state index contributed by atoms with van der Waals surface area (Å²) < 4.78 is 0. The fraction of sp³-hybridized carbons (Fsp3) is 0.0556. The van der Waals surface area contributed by atoms with Crippen molar-refractivity contribution < 1.29 is 9.72 Å². The number of carbonyl (C=O) groups is 1. The minimum atomic E-state index is -0.499. The molecule has 3 N–H and O–H groups in total. The molecular weight excluding hydrogens is 306 g/mol. The number of hydrogen-bond acceptors (Lipinski definition) is 4. The monoisotopic (exact) mass is 321 g/mol. The molecule has 3 rings (SSSR count). The van der Waals surface area contributed by atoms with Crippen molar-refractivity contribution in [2.45, 2.75) is 6.54 Å². The van der Waals surface area contributed by atoms with E-state index in [1.165, 1.54) is 18.2 Å². The van der Waals surface area contributed by atoms with Gasteiger partial charge in [-0.1, -0.05) is 24.3 Å². The third kappa shape index (κ3) is 3.23. The minimum Gasteiger partial charge on any atom is -0.326 e. The summed E-state index contributed by atoms with van der Waals surface area (Å²) in [5.41, 5.74) is 7.45. The van der Waals surface area contributed by atoms with Gasteiger partial charge < -0.3 is 11.1 Å². The Kier molecular flexibility index (Phi) is 4.22. The van der Waals surface area contributed by atoms with Crippen LogP contribution in [0.15, 0.2) is 60.7 Å². The van der Waals surface area contributed by atoms with Crippen LogP contribution in [0.5, 0.6) is 0 Å². The Bertz CT molecular complexity index is 938. The maximum absolute atomic E-state index is 12.4. The number of anilines is 1. The topological polar surface area (TPSA) is 98.3 Å². The van der Waals surface area contributed by atoms with Crippen LogP contribution in [0, 0.1) is 10.1 Å². The van der Waals surface area contributed by atoms with Crippen molar-refractivity contribution in [3.05, 3.63) is 81.9 Å². The van der Waals surface area contributed by atoms with Gasteiger partial charge in [0.1, 0.15) is 0 Å². The van der Waals surface area contributed by atoms with E-state index < -0.39 is 4.92 Å². The maximum Gasteiger partial charge on any atom is 0.271 e. The van der Waals surface area contributed by atoms with Crippen LogP contribution in [0.1, 0.15) is 15.9 Å². The highest BCUT2D eigenvalue weighted by molar-refractivity contribution is 6.06. The number of benzene rings is 3. The molecule has 6 nitrogen and oxygen atoms in total. The smallest absolute Gasteiger partial charge is 0.271 e. The van der Waals surface area contributed by atoms with Gasteiger partial charge in [-0.25, -0.2) is 0 Å². The van der Waals surface area contributed by atoms with Gasteiger partial charge in [-0.15, -0.1) is 0 Å². The van der Waals surface area contributed by atoms with E-state index >= 15 is 0 Å². The molecule has 0 atom stereocenters. The molecule has 0 saturated carbocycles. The van der Waals surface area contributed by atoms with E-state index in [1.807, 2.05) is 24.3 Å². The number of nitrogens with one attached hydrogen (secondary N) is 1. The van der Waals surface area contributed by atoms with Gasteiger partial charge >= 0.3 is 0 Å². The van der Waals surface area contributed by atoms with E-state index in [4.69, 9.17) is 5.73 Å². The van der Waals surface area contributed by atoms with Crippen molar-refractivity contribution in [2.75, 3.05) is 5.32 Å². The van der Waals surface area contributed by atoms with E-state index in [1.54, 1.807) is 18.2 Å². The number of rotatable bonds is 4. The lowest BCUT2D eigenvalue weighted by atomic mass is 10.0. The number of nitrogens with zero attached hydrogens (tertiary/aromatic N) is 1. The number of fused-ring (bicyclic) bond motifs is 1. The molecule has 0 fully saturated rings. The third-order valence-electron chi connectivity index (χ3n) is 3.72. The van der Waals surface area contributed by atoms with Crippen molar-refractivity contribution in [1.82, 2.24) is 0 Å². The summed E-state index contributed by atoms with van der Waals surface area (Å²) in [6.07, 6.45) is 0. The van der Waals surface area contributed by atoms with Crippen LogP contribution in [-0.2, 0) is 6.54 Å². The van der Waals surface area contributed by atoms with E-state index in [-0.39, 0.29) is 11.6 Å². The average Bonchev–Trinajstić information content (AvgIpc) is 2.61. The molecule has 0 heterocycles. The van der Waals surface area contributed by atoms with Crippen LogP contribution in [-0.4, -0.2) is 10.8 Å². The molecule has 3 aromatic rings. The lowest BCUT2D eigenvalue weighted by Gasteiger charge is -2.07. The van der Waals surface area contributed by atoms with Gasteiger partial charge in [-0.05, 0) is 40.6 Å². The van der Waals surface area contributed by atoms with E-state index in [0.717, 1.165) is 16.3 Å². The zero-order valence-electron chi connectivity index (χ0n) is 12.7. The van der Waals surface area contributed by atoms with Gasteiger partial charge in [0.2, 0.25) is 0 Å². The highest BCUT2D eigenvalue weighted by Gasteiger charge is 2.10. The predicted molar refractivity (Wildman–Crippen MR) is 92.9 cm³/mol. The normalized spacial score (nSPS) is 10.5. The van der Waals surface area contributed by atoms with Crippen LogP contribution in [0.25, 0.3) is 10.8 Å². The summed E-state index contributed by atoms with van der Waals surface area (Å²) >= 11 is 0. The number of nitrogens with two attached hydrogens (primary N) is 1. The minimum absolute atomic E-state index is 0.0689. The number of amides is 1. The van der Waals surface area contributed by atoms with Gasteiger partial charge in [0.05, 0.1) is 4.92 Å². The fourth-order valence-corrected chi connectivity index (χ4v) is 2.46. The molecule has 0 saturated heterocycles. The quantitative estimate of drug-likeness (QED) is 0.568. The molecule has 0 unspecified atom stereocenters. The molecule has 0 aliphatic heterocycles. The second kappa shape index (κ2) is 6.47. The molecule has 3 aromatic carbocycles. The summed E-state index contributed by atoms with van der Waals surface area (Å²) in [7, 11) is 0. The number of carbonyl (C=O) groups excluding carboxylic acids is 1. The fourth-order valence-electron chi connectivity index (χ4n) is 2.46. The number of nitro benzene ring substituents is 1. The molecule has 0 aliphatic carbocycles. The summed E-state index contributed by atoms with van der Waals surface area (Å²) in [4.78, 5) is 22.7. The highest BCUT2D eigenvalue weighted by atomic mass is 16.6. The van der Waals surface area contributed by atoms with Gasteiger partial charge in [0.15, 0.2) is 0 Å². The van der Waals surface area contributed by atoms with Crippen molar-refractivity contribution in [3.8, 4) is 0 Å².